The van der Waals surface area contributed by atoms with E-state index < -0.39 is 51.9 Å². The largest absolute Gasteiger partial charge is 0.434 e. The summed E-state index contributed by atoms with van der Waals surface area (Å²) in [6.07, 6.45) is 3.55. The number of nitrogens with one attached hydrogen (secondary N) is 3. The summed E-state index contributed by atoms with van der Waals surface area (Å²) in [6.45, 7) is 2.17. The molecule has 2 saturated heterocycles. The first-order chi connectivity index (χ1) is 23.5. The van der Waals surface area contributed by atoms with Crippen LogP contribution in [-0.2, 0) is 35.7 Å². The molecule has 2 aliphatic rings. The Morgan fingerprint density at radius 3 is 2.51 bits per heavy atom. The van der Waals surface area contributed by atoms with E-state index in [2.05, 4.69) is 20.3 Å². The van der Waals surface area contributed by atoms with E-state index in [0.29, 0.717) is 28.5 Å². The number of nitrogens with zero attached hydrogens (tertiary/aromatic N) is 2. The number of carbonyl (C=O) groups is 3. The first-order valence-electron chi connectivity index (χ1n) is 16.5. The number of carbonyl (C=O) groups excluding carboxylic acids is 3. The second kappa shape index (κ2) is 17.0. The van der Waals surface area contributed by atoms with Gasteiger partial charge in [0.15, 0.2) is 5.58 Å². The van der Waals surface area contributed by atoms with Gasteiger partial charge in [-0.2, -0.15) is 0 Å². The molecule has 0 bridgehead atoms. The van der Waals surface area contributed by atoms with Gasteiger partial charge in [0, 0.05) is 31.7 Å². The van der Waals surface area contributed by atoms with Gasteiger partial charge in [-0.15, -0.1) is 0 Å². The number of rotatable bonds is 16. The van der Waals surface area contributed by atoms with E-state index in [1.165, 1.54) is 12.0 Å². The minimum absolute atomic E-state index is 0.0572. The molecule has 0 unspecified atom stereocenters. The number of methoxy groups -OCH3 is 1. The lowest BCUT2D eigenvalue weighted by Gasteiger charge is -2.30. The number of fused-ring (bicyclic) bond motifs is 1. The molecule has 3 aromatic rings. The van der Waals surface area contributed by atoms with Gasteiger partial charge in [-0.25, -0.2) is 18.1 Å². The van der Waals surface area contributed by atoms with Crippen LogP contribution in [0.4, 0.5) is 0 Å². The van der Waals surface area contributed by atoms with E-state index >= 15 is 0 Å². The van der Waals surface area contributed by atoms with Crippen molar-refractivity contribution in [2.75, 3.05) is 39.6 Å². The van der Waals surface area contributed by atoms with Crippen LogP contribution in [0.5, 0.6) is 0 Å². The van der Waals surface area contributed by atoms with E-state index in [9.17, 15) is 22.8 Å². The van der Waals surface area contributed by atoms with Gasteiger partial charge in [0.25, 0.3) is 5.89 Å². The average Bonchev–Trinajstić information content (AvgIpc) is 3.72. The van der Waals surface area contributed by atoms with Gasteiger partial charge < -0.3 is 29.4 Å². The second-order valence-electron chi connectivity index (χ2n) is 12.7. The van der Waals surface area contributed by atoms with Crippen LogP contribution < -0.4 is 15.4 Å². The minimum atomic E-state index is -3.76. The number of hydrogen-bond acceptors (Lipinski definition) is 10. The standard InChI is InChI=1S/C34H44ClN5O8S/c1-46-18-15-27(31(41)33-38-26-5-3-4-6-30(26)48-33)37-32(42)29-19-25(47-21-23-7-10-24(35)11-8-23)20-40(29)34(43)28(39-49(2,44)45)12-9-22-13-16-36-17-14-22/h3-8,10-11,22,25,27-29,36,39H,9,12-21H2,1-2H3,(H,37,42)/t25-,27+,28-,29+/m1/s1. The number of sulfonamides is 1. The number of oxazole rings is 1. The zero-order valence-electron chi connectivity index (χ0n) is 27.7. The fourth-order valence-corrected chi connectivity index (χ4v) is 7.23. The lowest BCUT2D eigenvalue weighted by Crippen LogP contribution is -2.55. The molecule has 3 heterocycles. The highest BCUT2D eigenvalue weighted by molar-refractivity contribution is 7.88. The summed E-state index contributed by atoms with van der Waals surface area (Å²) in [7, 11) is -2.27. The molecule has 4 atom stereocenters. The first-order valence-corrected chi connectivity index (χ1v) is 18.8. The number of para-hydroxylation sites is 2. The van der Waals surface area contributed by atoms with Crippen LogP contribution in [0, 0.1) is 5.92 Å². The Morgan fingerprint density at radius 1 is 1.08 bits per heavy atom. The smallest absolute Gasteiger partial charge is 0.266 e. The van der Waals surface area contributed by atoms with Crippen LogP contribution >= 0.6 is 11.6 Å². The van der Waals surface area contributed by atoms with Crippen molar-refractivity contribution in [1.82, 2.24) is 25.2 Å². The predicted octanol–water partition coefficient (Wildman–Crippen LogP) is 3.07. The number of aromatic nitrogens is 1. The van der Waals surface area contributed by atoms with Crippen molar-refractivity contribution < 1.29 is 36.7 Å². The average molecular weight is 718 g/mol. The van der Waals surface area contributed by atoms with Crippen molar-refractivity contribution in [3.05, 3.63) is 65.0 Å². The molecule has 2 aliphatic heterocycles. The van der Waals surface area contributed by atoms with Gasteiger partial charge in [0.2, 0.25) is 27.6 Å². The summed E-state index contributed by atoms with van der Waals surface area (Å²) in [6, 6.07) is 10.9. The van der Waals surface area contributed by atoms with Crippen molar-refractivity contribution in [1.29, 1.82) is 0 Å². The second-order valence-corrected chi connectivity index (χ2v) is 14.9. The summed E-state index contributed by atoms with van der Waals surface area (Å²) in [5.41, 5.74) is 1.80. The van der Waals surface area contributed by atoms with Gasteiger partial charge >= 0.3 is 0 Å². The number of ketones is 1. The Kier molecular flexibility index (Phi) is 12.8. The number of hydrogen-bond donors (Lipinski definition) is 3. The maximum Gasteiger partial charge on any atom is 0.266 e. The maximum absolute atomic E-state index is 14.2. The van der Waals surface area contributed by atoms with Crippen molar-refractivity contribution in [3.8, 4) is 0 Å². The van der Waals surface area contributed by atoms with E-state index in [1.54, 1.807) is 36.4 Å². The van der Waals surface area contributed by atoms with E-state index in [4.69, 9.17) is 25.5 Å². The lowest BCUT2D eigenvalue weighted by molar-refractivity contribution is -0.140. The normalized spacial score (nSPS) is 19.9. The quantitative estimate of drug-likeness (QED) is 0.187. The fraction of sp³-hybridized carbons (Fsp3) is 0.529. The van der Waals surface area contributed by atoms with Crippen LogP contribution in [0.25, 0.3) is 11.1 Å². The molecule has 1 aromatic heterocycles. The van der Waals surface area contributed by atoms with Crippen LogP contribution in [0.15, 0.2) is 52.9 Å². The minimum Gasteiger partial charge on any atom is -0.434 e. The third-order valence-corrected chi connectivity index (χ3v) is 9.94. The highest BCUT2D eigenvalue weighted by Gasteiger charge is 2.44. The van der Waals surface area contributed by atoms with Gasteiger partial charge in [-0.05, 0) is 80.9 Å². The predicted molar refractivity (Wildman–Crippen MR) is 184 cm³/mol. The van der Waals surface area contributed by atoms with Gasteiger partial charge in [-0.3, -0.25) is 14.4 Å². The zero-order chi connectivity index (χ0) is 35.0. The van der Waals surface area contributed by atoms with Gasteiger partial charge in [-0.1, -0.05) is 35.9 Å². The van der Waals surface area contributed by atoms with Crippen LogP contribution in [0.2, 0.25) is 5.02 Å². The number of benzene rings is 2. The van der Waals surface area contributed by atoms with Crippen molar-refractivity contribution >= 4 is 50.3 Å². The highest BCUT2D eigenvalue weighted by Crippen LogP contribution is 2.26. The van der Waals surface area contributed by atoms with Gasteiger partial charge in [0.05, 0.1) is 25.0 Å². The number of Topliss-reactive ketones (excluding diaryl/α,β-unsaturated/α-hetero) is 1. The lowest BCUT2D eigenvalue weighted by atomic mass is 9.91. The fourth-order valence-electron chi connectivity index (χ4n) is 6.37. The maximum atomic E-state index is 14.2. The summed E-state index contributed by atoms with van der Waals surface area (Å²) in [5, 5.41) is 6.72. The van der Waals surface area contributed by atoms with E-state index in [0.717, 1.165) is 37.8 Å². The summed E-state index contributed by atoms with van der Waals surface area (Å²) in [5.74, 6) is -1.43. The Hall–Kier alpha value is -3.40. The Bertz CT molecular complexity index is 1660. The van der Waals surface area contributed by atoms with E-state index in [-0.39, 0.29) is 44.9 Å². The zero-order valence-corrected chi connectivity index (χ0v) is 29.3. The topological polar surface area (TPSA) is 169 Å². The summed E-state index contributed by atoms with van der Waals surface area (Å²) < 4.78 is 44.5. The number of halogens is 1. The van der Waals surface area contributed by atoms with Crippen LogP contribution in [-0.4, -0.2) is 99.7 Å². The van der Waals surface area contributed by atoms with Crippen molar-refractivity contribution in [2.24, 2.45) is 5.92 Å². The molecule has 2 fully saturated rings. The Labute approximate surface area is 291 Å². The molecule has 266 valence electrons. The summed E-state index contributed by atoms with van der Waals surface area (Å²) in [4.78, 5) is 47.5. The molecule has 5 rings (SSSR count). The molecular formula is C34H44ClN5O8S. The molecule has 0 saturated carbocycles. The molecule has 13 nitrogen and oxygen atoms in total. The molecule has 0 spiro atoms. The number of piperidine rings is 1. The molecule has 2 amide bonds. The monoisotopic (exact) mass is 717 g/mol. The summed E-state index contributed by atoms with van der Waals surface area (Å²) >= 11 is 6.03. The molecule has 0 aliphatic carbocycles. The van der Waals surface area contributed by atoms with Crippen LogP contribution in [0.1, 0.15) is 54.8 Å². The third-order valence-electron chi connectivity index (χ3n) is 8.97. The molecular weight excluding hydrogens is 674 g/mol. The molecule has 3 N–H and O–H groups in total. The first kappa shape index (κ1) is 36.9. The van der Waals surface area contributed by atoms with Crippen molar-refractivity contribution in [3.63, 3.8) is 0 Å². The number of likely N-dealkylation sites (tertiary alicyclic amines) is 1. The van der Waals surface area contributed by atoms with Crippen molar-refractivity contribution in [2.45, 2.75) is 69.4 Å². The molecule has 0 radical (unpaired) electrons. The Balaban J connectivity index is 1.36. The number of ether oxygens (including phenoxy) is 2. The highest BCUT2D eigenvalue weighted by atomic mass is 35.5. The number of amides is 2. The molecule has 49 heavy (non-hydrogen) atoms. The SMILES string of the molecule is COCC[C@H](NC(=O)[C@@H]1C[C@@H](OCc2ccc(Cl)cc2)CN1C(=O)[C@@H](CCC1CCNCC1)NS(C)(=O)=O)C(=O)c1nc2ccccc2o1. The Morgan fingerprint density at radius 2 is 1.82 bits per heavy atom. The van der Waals surface area contributed by atoms with Gasteiger partial charge in [0.1, 0.15) is 17.6 Å². The molecule has 2 aromatic carbocycles. The van der Waals surface area contributed by atoms with E-state index in [1.807, 2.05) is 12.1 Å². The van der Waals surface area contributed by atoms with Crippen LogP contribution in [0.3, 0.4) is 0 Å². The third kappa shape index (κ3) is 10.3. The molecule has 15 heteroatoms.